The summed E-state index contributed by atoms with van der Waals surface area (Å²) in [5.41, 5.74) is 4.59. The van der Waals surface area contributed by atoms with E-state index in [1.807, 2.05) is 43.3 Å². The van der Waals surface area contributed by atoms with Gasteiger partial charge >= 0.3 is 5.69 Å². The highest BCUT2D eigenvalue weighted by atomic mass is 16.2. The first-order valence-corrected chi connectivity index (χ1v) is 12.8. The number of hydrogen-bond donors (Lipinski definition) is 0. The summed E-state index contributed by atoms with van der Waals surface area (Å²) in [4.78, 5) is 36.9. The second-order valence-corrected chi connectivity index (χ2v) is 9.48. The van der Waals surface area contributed by atoms with Crippen molar-refractivity contribution >= 4 is 23.2 Å². The number of aryl methyl sites for hydroxylation is 1. The number of amides is 1. The Morgan fingerprint density at radius 2 is 1.68 bits per heavy atom. The zero-order valence-electron chi connectivity index (χ0n) is 21.7. The molecule has 37 heavy (non-hydrogen) atoms. The average Bonchev–Trinajstić information content (AvgIpc) is 3.23. The minimum Gasteiger partial charge on any atom is -0.368 e. The molecule has 0 atom stereocenters. The van der Waals surface area contributed by atoms with Crippen molar-refractivity contribution in [3.05, 3.63) is 88.0 Å². The molecule has 0 radical (unpaired) electrons. The van der Waals surface area contributed by atoms with E-state index in [4.69, 9.17) is 0 Å². The molecule has 1 aliphatic heterocycles. The molecule has 5 rings (SSSR count). The molecule has 1 fully saturated rings. The van der Waals surface area contributed by atoms with Crippen molar-refractivity contribution in [2.45, 2.75) is 33.9 Å². The summed E-state index contributed by atoms with van der Waals surface area (Å²) in [5.74, 6) is 0.939. The van der Waals surface area contributed by atoms with Gasteiger partial charge < -0.3 is 14.7 Å². The van der Waals surface area contributed by atoms with Crippen molar-refractivity contribution in [3.8, 4) is 0 Å². The highest BCUT2D eigenvalue weighted by molar-refractivity contribution is 5.76. The lowest BCUT2D eigenvalue weighted by atomic mass is 10.1. The maximum Gasteiger partial charge on any atom is 0.352 e. The SMILES string of the molecule is CCN(Cc1ccccc1)C(=O)Cn1nc2nc(N3CCN(c4cccc(C)c4C)CC3)ccn2c1=O. The van der Waals surface area contributed by atoms with Crippen LogP contribution in [-0.2, 0) is 17.9 Å². The Morgan fingerprint density at radius 3 is 2.41 bits per heavy atom. The van der Waals surface area contributed by atoms with E-state index < -0.39 is 0 Å². The van der Waals surface area contributed by atoms with Gasteiger partial charge in [-0.1, -0.05) is 42.5 Å². The smallest absolute Gasteiger partial charge is 0.352 e. The van der Waals surface area contributed by atoms with Crippen molar-refractivity contribution in [2.75, 3.05) is 42.5 Å². The molecule has 0 unspecified atom stereocenters. The van der Waals surface area contributed by atoms with Crippen molar-refractivity contribution in [1.29, 1.82) is 0 Å². The second-order valence-electron chi connectivity index (χ2n) is 9.48. The van der Waals surface area contributed by atoms with Crippen LogP contribution in [0.25, 0.3) is 5.78 Å². The van der Waals surface area contributed by atoms with E-state index in [2.05, 4.69) is 51.9 Å². The number of aromatic nitrogens is 4. The van der Waals surface area contributed by atoms with Gasteiger partial charge in [0.25, 0.3) is 5.78 Å². The molecular formula is C28H33N7O2. The molecule has 192 valence electrons. The van der Waals surface area contributed by atoms with E-state index in [0.29, 0.717) is 18.9 Å². The molecule has 1 aliphatic rings. The quantitative estimate of drug-likeness (QED) is 0.389. The summed E-state index contributed by atoms with van der Waals surface area (Å²) in [6.45, 7) is 10.6. The van der Waals surface area contributed by atoms with Crippen molar-refractivity contribution in [3.63, 3.8) is 0 Å². The van der Waals surface area contributed by atoms with Crippen molar-refractivity contribution < 1.29 is 4.79 Å². The van der Waals surface area contributed by atoms with E-state index in [-0.39, 0.29) is 18.1 Å². The summed E-state index contributed by atoms with van der Waals surface area (Å²) in [5, 5.41) is 4.39. The minimum absolute atomic E-state index is 0.118. The number of likely N-dealkylation sites (N-methyl/N-ethyl adjacent to an activating group) is 1. The van der Waals surface area contributed by atoms with Crippen LogP contribution in [0.15, 0.2) is 65.6 Å². The van der Waals surface area contributed by atoms with Gasteiger partial charge in [-0.15, -0.1) is 5.10 Å². The van der Waals surface area contributed by atoms with Crippen LogP contribution in [0.1, 0.15) is 23.6 Å². The van der Waals surface area contributed by atoms with E-state index >= 15 is 0 Å². The lowest BCUT2D eigenvalue weighted by Crippen LogP contribution is -2.47. The van der Waals surface area contributed by atoms with Crippen LogP contribution in [0.3, 0.4) is 0 Å². The first-order chi connectivity index (χ1) is 17.9. The third-order valence-electron chi connectivity index (χ3n) is 7.20. The summed E-state index contributed by atoms with van der Waals surface area (Å²) in [6.07, 6.45) is 1.70. The van der Waals surface area contributed by atoms with Crippen LogP contribution in [0.5, 0.6) is 0 Å². The Bertz CT molecular complexity index is 1450. The standard InChI is InChI=1S/C28H33N7O2/c1-4-31(19-23-10-6-5-7-11-23)26(36)20-35-28(37)34-14-13-25(29-27(34)30-35)33-17-15-32(16-18-33)24-12-8-9-21(2)22(24)3/h5-14H,4,15-20H2,1-3H3. The van der Waals surface area contributed by atoms with Crippen LogP contribution < -0.4 is 15.5 Å². The number of rotatable bonds is 7. The number of anilines is 2. The van der Waals surface area contributed by atoms with Gasteiger partial charge in [0.15, 0.2) is 0 Å². The largest absolute Gasteiger partial charge is 0.368 e. The van der Waals surface area contributed by atoms with Gasteiger partial charge in [0.2, 0.25) is 5.91 Å². The van der Waals surface area contributed by atoms with Gasteiger partial charge in [0, 0.05) is 51.2 Å². The van der Waals surface area contributed by atoms with Gasteiger partial charge in [-0.2, -0.15) is 4.98 Å². The van der Waals surface area contributed by atoms with Crippen LogP contribution in [0, 0.1) is 13.8 Å². The molecule has 0 aliphatic carbocycles. The molecule has 1 amide bonds. The summed E-state index contributed by atoms with van der Waals surface area (Å²) >= 11 is 0. The molecule has 9 heteroatoms. The van der Waals surface area contributed by atoms with Crippen LogP contribution in [0.4, 0.5) is 11.5 Å². The zero-order valence-corrected chi connectivity index (χ0v) is 21.7. The maximum atomic E-state index is 13.0. The zero-order chi connectivity index (χ0) is 25.9. The fourth-order valence-electron chi connectivity index (χ4n) is 4.84. The van der Waals surface area contributed by atoms with Crippen LogP contribution in [-0.4, -0.2) is 62.7 Å². The van der Waals surface area contributed by atoms with Gasteiger partial charge in [-0.25, -0.2) is 13.9 Å². The first kappa shape index (κ1) is 24.5. The third kappa shape index (κ3) is 5.07. The molecule has 9 nitrogen and oxygen atoms in total. The number of carbonyl (C=O) groups excluding carboxylic acids is 1. The van der Waals surface area contributed by atoms with Crippen LogP contribution in [0.2, 0.25) is 0 Å². The lowest BCUT2D eigenvalue weighted by Gasteiger charge is -2.37. The van der Waals surface area contributed by atoms with Crippen LogP contribution >= 0.6 is 0 Å². The second kappa shape index (κ2) is 10.5. The Morgan fingerprint density at radius 1 is 0.946 bits per heavy atom. The fourth-order valence-corrected chi connectivity index (χ4v) is 4.84. The molecule has 0 saturated carbocycles. The number of nitrogens with zero attached hydrogens (tertiary/aromatic N) is 7. The van der Waals surface area contributed by atoms with Crippen molar-refractivity contribution in [2.24, 2.45) is 0 Å². The monoisotopic (exact) mass is 499 g/mol. The number of carbonyl (C=O) groups is 1. The molecule has 0 bridgehead atoms. The summed E-state index contributed by atoms with van der Waals surface area (Å²) < 4.78 is 2.61. The Labute approximate surface area is 216 Å². The van der Waals surface area contributed by atoms with Gasteiger partial charge in [0.1, 0.15) is 12.4 Å². The van der Waals surface area contributed by atoms with E-state index in [1.54, 1.807) is 11.1 Å². The number of hydrogen-bond acceptors (Lipinski definition) is 6. The lowest BCUT2D eigenvalue weighted by molar-refractivity contribution is -0.132. The Balaban J connectivity index is 1.28. The number of piperazine rings is 1. The molecule has 0 spiro atoms. The number of fused-ring (bicyclic) bond motifs is 1. The topological polar surface area (TPSA) is 79.0 Å². The summed E-state index contributed by atoms with van der Waals surface area (Å²) in [6, 6.07) is 18.1. The predicted octanol–water partition coefficient (Wildman–Crippen LogP) is 2.88. The molecular weight excluding hydrogens is 466 g/mol. The molecule has 4 aromatic rings. The highest BCUT2D eigenvalue weighted by Gasteiger charge is 2.22. The van der Waals surface area contributed by atoms with Crippen molar-refractivity contribution in [1.82, 2.24) is 24.1 Å². The molecule has 0 N–H and O–H groups in total. The first-order valence-electron chi connectivity index (χ1n) is 12.8. The van der Waals surface area contributed by atoms with E-state index in [9.17, 15) is 9.59 Å². The number of benzene rings is 2. The molecule has 1 saturated heterocycles. The molecule has 2 aromatic carbocycles. The third-order valence-corrected chi connectivity index (χ3v) is 7.20. The average molecular weight is 500 g/mol. The van der Waals surface area contributed by atoms with Gasteiger partial charge in [-0.05, 0) is 49.6 Å². The Kier molecular flexibility index (Phi) is 6.94. The maximum absolute atomic E-state index is 13.0. The minimum atomic E-state index is -0.363. The van der Waals surface area contributed by atoms with Gasteiger partial charge in [-0.3, -0.25) is 4.79 Å². The van der Waals surface area contributed by atoms with Gasteiger partial charge in [0.05, 0.1) is 0 Å². The molecule has 3 heterocycles. The van der Waals surface area contributed by atoms with E-state index in [0.717, 1.165) is 37.6 Å². The highest BCUT2D eigenvalue weighted by Crippen LogP contribution is 2.25. The van der Waals surface area contributed by atoms with E-state index in [1.165, 1.54) is 25.9 Å². The summed E-state index contributed by atoms with van der Waals surface area (Å²) in [7, 11) is 0. The normalized spacial score (nSPS) is 13.8. The Hall–Kier alpha value is -4.14. The predicted molar refractivity (Wildman–Crippen MR) is 145 cm³/mol. The molecule has 2 aromatic heterocycles. The fraction of sp³-hybridized carbons (Fsp3) is 0.357.